The van der Waals surface area contributed by atoms with E-state index < -0.39 is 24.3 Å². The van der Waals surface area contributed by atoms with Crippen LogP contribution in [0.15, 0.2) is 18.2 Å². The molecule has 0 saturated carbocycles. The Balaban J connectivity index is 1.47. The number of fused-ring (bicyclic) bond motifs is 1. The van der Waals surface area contributed by atoms with Crippen molar-refractivity contribution in [1.29, 1.82) is 0 Å². The molecule has 9 nitrogen and oxygen atoms in total. The molecule has 0 unspecified atom stereocenters. The van der Waals surface area contributed by atoms with Crippen LogP contribution in [0.4, 0.5) is 10.5 Å². The number of hydrogen-bond acceptors (Lipinski definition) is 7. The highest BCUT2D eigenvalue weighted by molar-refractivity contribution is 6.01. The van der Waals surface area contributed by atoms with Crippen LogP contribution in [0.25, 0.3) is 0 Å². The molecule has 1 aromatic rings. The van der Waals surface area contributed by atoms with Gasteiger partial charge in [0, 0.05) is 18.7 Å². The maximum absolute atomic E-state index is 12.4. The molecule has 0 radical (unpaired) electrons. The molecular formula is C21H26N2O7. The second-order valence-corrected chi connectivity index (χ2v) is 8.32. The van der Waals surface area contributed by atoms with Crippen molar-refractivity contribution >= 4 is 29.4 Å². The first-order valence-corrected chi connectivity index (χ1v) is 9.87. The predicted octanol–water partition coefficient (Wildman–Crippen LogP) is 2.39. The highest BCUT2D eigenvalue weighted by Crippen LogP contribution is 2.28. The fraction of sp³-hybridized carbons (Fsp3) is 0.524. The third kappa shape index (κ3) is 5.49. The smallest absolute Gasteiger partial charge is 0.410 e. The Labute approximate surface area is 174 Å². The third-order valence-electron chi connectivity index (χ3n) is 4.76. The lowest BCUT2D eigenvalue weighted by Gasteiger charge is -2.32. The van der Waals surface area contributed by atoms with Crippen LogP contribution < -0.4 is 10.1 Å². The van der Waals surface area contributed by atoms with Gasteiger partial charge in [-0.05, 0) is 51.8 Å². The zero-order valence-electron chi connectivity index (χ0n) is 17.4. The number of esters is 1. The fourth-order valence-corrected chi connectivity index (χ4v) is 3.22. The quantitative estimate of drug-likeness (QED) is 0.590. The highest BCUT2D eigenvalue weighted by Gasteiger charge is 2.31. The molecule has 1 saturated heterocycles. The number of nitrogens with zero attached hydrogens (tertiary/aromatic N) is 1. The van der Waals surface area contributed by atoms with Crippen molar-refractivity contribution < 1.29 is 33.4 Å². The molecule has 2 aliphatic rings. The van der Waals surface area contributed by atoms with Crippen LogP contribution in [0.5, 0.6) is 5.75 Å². The van der Waals surface area contributed by atoms with Crippen molar-refractivity contribution in [2.24, 2.45) is 5.92 Å². The Morgan fingerprint density at radius 1 is 1.20 bits per heavy atom. The van der Waals surface area contributed by atoms with Crippen molar-refractivity contribution in [3.63, 3.8) is 0 Å². The van der Waals surface area contributed by atoms with Crippen LogP contribution in [0.3, 0.4) is 0 Å². The molecule has 9 heteroatoms. The summed E-state index contributed by atoms with van der Waals surface area (Å²) in [4.78, 5) is 49.8. The van der Waals surface area contributed by atoms with Gasteiger partial charge in [0.15, 0.2) is 19.0 Å². The number of likely N-dealkylation sites (tertiary alicyclic amines) is 1. The molecule has 2 heterocycles. The summed E-state index contributed by atoms with van der Waals surface area (Å²) >= 11 is 0. The minimum Gasteiger partial charge on any atom is -0.482 e. The SMILES string of the molecule is CC(C)(C)OC(=O)N1CCC(C(=O)OCC(=O)c2ccc3c(c2)NC(=O)CO3)CC1. The van der Waals surface area contributed by atoms with Gasteiger partial charge in [-0.2, -0.15) is 0 Å². The summed E-state index contributed by atoms with van der Waals surface area (Å²) in [6.07, 6.45) is 0.510. The fourth-order valence-electron chi connectivity index (χ4n) is 3.22. The van der Waals surface area contributed by atoms with Crippen molar-refractivity contribution in [1.82, 2.24) is 4.90 Å². The molecule has 0 aromatic heterocycles. The second kappa shape index (κ2) is 8.73. The van der Waals surface area contributed by atoms with E-state index in [0.717, 1.165) is 0 Å². The molecule has 2 amide bonds. The van der Waals surface area contributed by atoms with Crippen molar-refractivity contribution in [2.75, 3.05) is 31.6 Å². The van der Waals surface area contributed by atoms with Gasteiger partial charge >= 0.3 is 12.1 Å². The first-order chi connectivity index (χ1) is 14.1. The molecule has 2 aliphatic heterocycles. The zero-order valence-corrected chi connectivity index (χ0v) is 17.4. The van der Waals surface area contributed by atoms with E-state index in [1.165, 1.54) is 6.07 Å². The molecule has 162 valence electrons. The number of piperidine rings is 1. The number of benzene rings is 1. The van der Waals surface area contributed by atoms with Gasteiger partial charge in [0.05, 0.1) is 11.6 Å². The van der Waals surface area contributed by atoms with E-state index in [-0.39, 0.29) is 24.2 Å². The number of Topliss-reactive ketones (excluding diaryl/α,β-unsaturated/α-hetero) is 1. The monoisotopic (exact) mass is 418 g/mol. The summed E-state index contributed by atoms with van der Waals surface area (Å²) in [7, 11) is 0. The van der Waals surface area contributed by atoms with Gasteiger partial charge in [0.25, 0.3) is 5.91 Å². The summed E-state index contributed by atoms with van der Waals surface area (Å²) in [5.74, 6) is -1.01. The highest BCUT2D eigenvalue weighted by atomic mass is 16.6. The summed E-state index contributed by atoms with van der Waals surface area (Å²) in [6.45, 7) is 5.74. The number of rotatable bonds is 4. The average molecular weight is 418 g/mol. The average Bonchev–Trinajstić information content (AvgIpc) is 2.70. The largest absolute Gasteiger partial charge is 0.482 e. The van der Waals surface area contributed by atoms with E-state index in [1.807, 2.05) is 0 Å². The van der Waals surface area contributed by atoms with Crippen LogP contribution in [-0.2, 0) is 19.1 Å². The number of carbonyl (C=O) groups excluding carboxylic acids is 4. The third-order valence-corrected chi connectivity index (χ3v) is 4.76. The number of carbonyl (C=O) groups is 4. The first kappa shape index (κ1) is 21.6. The van der Waals surface area contributed by atoms with Gasteiger partial charge in [-0.1, -0.05) is 0 Å². The topological polar surface area (TPSA) is 111 Å². The van der Waals surface area contributed by atoms with Crippen LogP contribution in [0, 0.1) is 5.92 Å². The van der Waals surface area contributed by atoms with Gasteiger partial charge < -0.3 is 24.4 Å². The van der Waals surface area contributed by atoms with Crippen LogP contribution in [-0.4, -0.2) is 60.6 Å². The van der Waals surface area contributed by atoms with Crippen LogP contribution >= 0.6 is 0 Å². The van der Waals surface area contributed by atoms with Crippen molar-refractivity contribution in [3.8, 4) is 5.75 Å². The summed E-state index contributed by atoms with van der Waals surface area (Å²) in [5, 5.41) is 2.63. The number of ketones is 1. The van der Waals surface area contributed by atoms with Gasteiger partial charge in [0.1, 0.15) is 11.4 Å². The van der Waals surface area contributed by atoms with Crippen molar-refractivity contribution in [3.05, 3.63) is 23.8 Å². The summed E-state index contributed by atoms with van der Waals surface area (Å²) in [5.41, 5.74) is 0.156. The number of hydrogen-bond donors (Lipinski definition) is 1. The van der Waals surface area contributed by atoms with E-state index in [1.54, 1.807) is 37.8 Å². The van der Waals surface area contributed by atoms with Gasteiger partial charge in [-0.15, -0.1) is 0 Å². The van der Waals surface area contributed by atoms with E-state index in [2.05, 4.69) is 5.32 Å². The maximum Gasteiger partial charge on any atom is 0.410 e. The Hall–Kier alpha value is -3.10. The second-order valence-electron chi connectivity index (χ2n) is 8.32. The molecule has 30 heavy (non-hydrogen) atoms. The molecular weight excluding hydrogens is 392 g/mol. The molecule has 3 rings (SSSR count). The Morgan fingerprint density at radius 3 is 2.57 bits per heavy atom. The van der Waals surface area contributed by atoms with E-state index >= 15 is 0 Å². The molecule has 0 bridgehead atoms. The molecule has 1 fully saturated rings. The Morgan fingerprint density at radius 2 is 1.90 bits per heavy atom. The number of ether oxygens (including phenoxy) is 3. The Kier molecular flexibility index (Phi) is 6.28. The maximum atomic E-state index is 12.4. The molecule has 0 aliphatic carbocycles. The predicted molar refractivity (Wildman–Crippen MR) is 106 cm³/mol. The van der Waals surface area contributed by atoms with E-state index in [0.29, 0.717) is 42.9 Å². The minimum absolute atomic E-state index is 0.0648. The lowest BCUT2D eigenvalue weighted by molar-refractivity contribution is -0.149. The Bertz CT molecular complexity index is 851. The number of anilines is 1. The molecule has 0 atom stereocenters. The number of nitrogens with one attached hydrogen (secondary N) is 1. The molecule has 0 spiro atoms. The van der Waals surface area contributed by atoms with Crippen LogP contribution in [0.2, 0.25) is 0 Å². The minimum atomic E-state index is -0.571. The van der Waals surface area contributed by atoms with Gasteiger partial charge in [0.2, 0.25) is 0 Å². The lowest BCUT2D eigenvalue weighted by Crippen LogP contribution is -2.43. The standard InChI is InChI=1S/C21H26N2O7/c1-21(2,3)30-20(27)23-8-6-13(7-9-23)19(26)29-11-16(24)14-4-5-17-15(10-14)22-18(25)12-28-17/h4-5,10,13H,6-9,11-12H2,1-3H3,(H,22,25). The zero-order chi connectivity index (χ0) is 21.9. The van der Waals surface area contributed by atoms with E-state index in [4.69, 9.17) is 14.2 Å². The van der Waals surface area contributed by atoms with Crippen molar-refractivity contribution in [2.45, 2.75) is 39.2 Å². The normalized spacial score (nSPS) is 16.8. The first-order valence-electron chi connectivity index (χ1n) is 9.87. The molecule has 1 aromatic carbocycles. The van der Waals surface area contributed by atoms with Crippen LogP contribution in [0.1, 0.15) is 44.0 Å². The van der Waals surface area contributed by atoms with E-state index in [9.17, 15) is 19.2 Å². The number of amides is 2. The summed E-state index contributed by atoms with van der Waals surface area (Å²) in [6, 6.07) is 4.66. The van der Waals surface area contributed by atoms with Gasteiger partial charge in [-0.3, -0.25) is 14.4 Å². The van der Waals surface area contributed by atoms with Gasteiger partial charge in [-0.25, -0.2) is 4.79 Å². The summed E-state index contributed by atoms with van der Waals surface area (Å²) < 4.78 is 15.8. The lowest BCUT2D eigenvalue weighted by atomic mass is 9.97. The molecule has 1 N–H and O–H groups in total.